The van der Waals surface area contributed by atoms with Crippen LogP contribution in [-0.2, 0) is 20.5 Å². The molecule has 1 aromatic carbocycles. The molecule has 1 aromatic rings. The summed E-state index contributed by atoms with van der Waals surface area (Å²) in [6.45, 7) is 3.51. The van der Waals surface area contributed by atoms with Gasteiger partial charge in [0, 0.05) is 32.0 Å². The van der Waals surface area contributed by atoms with Crippen LogP contribution in [0, 0.1) is 0 Å². The zero-order valence-corrected chi connectivity index (χ0v) is 13.6. The Hall–Kier alpha value is -1.41. The number of carbonyl (C=O) groups excluding carboxylic acids is 1. The Morgan fingerprint density at radius 2 is 2.23 bits per heavy atom. The second-order valence-electron chi connectivity index (χ2n) is 5.06. The number of likely N-dealkylation sites (tertiary alicyclic amines) is 1. The van der Waals surface area contributed by atoms with Gasteiger partial charge in [-0.2, -0.15) is 0 Å². The van der Waals surface area contributed by atoms with Gasteiger partial charge in [0.2, 0.25) is 15.9 Å². The Morgan fingerprint density at radius 3 is 2.77 bits per heavy atom. The van der Waals surface area contributed by atoms with E-state index in [0.717, 1.165) is 0 Å². The Balaban J connectivity index is 2.48. The first kappa shape index (κ1) is 17.0. The van der Waals surface area contributed by atoms with E-state index < -0.39 is 15.7 Å². The highest BCUT2D eigenvalue weighted by atomic mass is 35.5. The van der Waals surface area contributed by atoms with E-state index in [1.807, 2.05) is 0 Å². The van der Waals surface area contributed by atoms with Crippen LogP contribution >= 0.6 is 11.6 Å². The maximum Gasteiger partial charge on any atom is 0.242 e. The quantitative estimate of drug-likeness (QED) is 0.786. The highest BCUT2D eigenvalue weighted by Crippen LogP contribution is 2.37. The molecular weight excluding hydrogens is 328 g/mol. The number of benzene rings is 1. The number of hydrogen-bond acceptors (Lipinski definition) is 4. The Morgan fingerprint density at radius 1 is 1.55 bits per heavy atom. The number of halogens is 1. The summed E-state index contributed by atoms with van der Waals surface area (Å²) < 4.78 is 26.8. The molecular formula is C14H17ClN2O4S. The molecule has 8 heteroatoms. The first-order valence-electron chi connectivity index (χ1n) is 6.62. The minimum atomic E-state index is -3.83. The maximum atomic E-state index is 12.2. The van der Waals surface area contributed by atoms with Crippen molar-refractivity contribution >= 4 is 27.5 Å². The molecule has 120 valence electrons. The summed E-state index contributed by atoms with van der Waals surface area (Å²) in [6.07, 6.45) is 1.81. The summed E-state index contributed by atoms with van der Waals surface area (Å²) in [5.74, 6) is -0.202. The van der Waals surface area contributed by atoms with Gasteiger partial charge in [-0.15, -0.1) is 6.58 Å². The number of carbonyl (C=O) groups is 1. The Kier molecular flexibility index (Phi) is 4.62. The predicted molar refractivity (Wildman–Crippen MR) is 82.7 cm³/mol. The third-order valence-electron chi connectivity index (χ3n) is 3.72. The minimum absolute atomic E-state index is 0.0379. The molecule has 22 heavy (non-hydrogen) atoms. The molecule has 1 aliphatic heterocycles. The van der Waals surface area contributed by atoms with Gasteiger partial charge in [-0.3, -0.25) is 4.79 Å². The van der Waals surface area contributed by atoms with Gasteiger partial charge in [-0.25, -0.2) is 13.1 Å². The van der Waals surface area contributed by atoms with E-state index in [2.05, 4.69) is 11.3 Å². The normalized spacial score (nSPS) is 22.1. The van der Waals surface area contributed by atoms with Crippen molar-refractivity contribution in [3.05, 3.63) is 41.4 Å². The van der Waals surface area contributed by atoms with Crippen molar-refractivity contribution in [3.63, 3.8) is 0 Å². The average Bonchev–Trinajstić information content (AvgIpc) is 2.74. The van der Waals surface area contributed by atoms with Crippen LogP contribution in [0.3, 0.4) is 0 Å². The lowest BCUT2D eigenvalue weighted by Gasteiger charge is -2.31. The van der Waals surface area contributed by atoms with E-state index in [1.165, 1.54) is 36.2 Å². The molecule has 0 aromatic heterocycles. The first-order chi connectivity index (χ1) is 10.2. The summed E-state index contributed by atoms with van der Waals surface area (Å²) in [7, 11) is -2.35. The van der Waals surface area contributed by atoms with Crippen molar-refractivity contribution < 1.29 is 18.3 Å². The lowest BCUT2D eigenvalue weighted by atomic mass is 10.0. The van der Waals surface area contributed by atoms with Crippen LogP contribution in [0.15, 0.2) is 35.7 Å². The molecule has 2 rings (SSSR count). The van der Waals surface area contributed by atoms with E-state index in [0.29, 0.717) is 5.56 Å². The number of aliphatic hydroxyl groups is 1. The zero-order valence-electron chi connectivity index (χ0n) is 12.0. The van der Waals surface area contributed by atoms with Crippen LogP contribution in [0.2, 0.25) is 5.02 Å². The summed E-state index contributed by atoms with van der Waals surface area (Å²) in [5.41, 5.74) is -1.21. The van der Waals surface area contributed by atoms with Gasteiger partial charge in [-0.05, 0) is 12.1 Å². The average molecular weight is 345 g/mol. The van der Waals surface area contributed by atoms with Crippen molar-refractivity contribution in [3.8, 4) is 0 Å². The predicted octanol–water partition coefficient (Wildman–Crippen LogP) is 1.20. The standard InChI is InChI=1S/C14H17ClN2O4S/c1-3-8-16-22(20,21)12-9-10(4-5-11(12)15)14(19)7-6-13(18)17(14)2/h3-5,9,16,19H,1,6-8H2,2H3. The maximum absolute atomic E-state index is 12.2. The van der Waals surface area contributed by atoms with Gasteiger partial charge in [0.25, 0.3) is 0 Å². The van der Waals surface area contributed by atoms with E-state index in [1.54, 1.807) is 0 Å². The highest BCUT2D eigenvalue weighted by Gasteiger charge is 2.43. The van der Waals surface area contributed by atoms with Crippen molar-refractivity contribution in [1.82, 2.24) is 9.62 Å². The lowest BCUT2D eigenvalue weighted by Crippen LogP contribution is -2.40. The molecule has 1 unspecified atom stereocenters. The lowest BCUT2D eigenvalue weighted by molar-refractivity contribution is -0.142. The first-order valence-corrected chi connectivity index (χ1v) is 8.48. The van der Waals surface area contributed by atoms with Crippen LogP contribution in [0.4, 0.5) is 0 Å². The Bertz CT molecular complexity index is 720. The number of nitrogens with one attached hydrogen (secondary N) is 1. The largest absolute Gasteiger partial charge is 0.367 e. The van der Waals surface area contributed by atoms with Crippen molar-refractivity contribution in [2.24, 2.45) is 0 Å². The molecule has 2 N–H and O–H groups in total. The smallest absolute Gasteiger partial charge is 0.242 e. The van der Waals surface area contributed by atoms with Gasteiger partial charge in [-0.1, -0.05) is 23.7 Å². The van der Waals surface area contributed by atoms with Crippen molar-refractivity contribution in [2.75, 3.05) is 13.6 Å². The number of nitrogens with zero attached hydrogens (tertiary/aromatic N) is 1. The van der Waals surface area contributed by atoms with E-state index in [-0.39, 0.29) is 35.2 Å². The molecule has 1 amide bonds. The Labute approximate surface area is 134 Å². The molecule has 6 nitrogen and oxygen atoms in total. The molecule has 1 aliphatic rings. The molecule has 1 fully saturated rings. The molecule has 0 radical (unpaired) electrons. The minimum Gasteiger partial charge on any atom is -0.367 e. The fourth-order valence-corrected chi connectivity index (χ4v) is 3.89. The highest BCUT2D eigenvalue weighted by molar-refractivity contribution is 7.89. The topological polar surface area (TPSA) is 86.7 Å². The van der Waals surface area contributed by atoms with Gasteiger partial charge >= 0.3 is 0 Å². The second-order valence-corrected chi connectivity index (χ2v) is 7.20. The molecule has 1 atom stereocenters. The zero-order chi connectivity index (χ0) is 16.5. The summed E-state index contributed by atoms with van der Waals surface area (Å²) in [5, 5.41) is 10.7. The van der Waals surface area contributed by atoms with E-state index in [9.17, 15) is 18.3 Å². The number of amides is 1. The second kappa shape index (κ2) is 6.00. The third kappa shape index (κ3) is 2.89. The number of hydrogen-bond donors (Lipinski definition) is 2. The van der Waals surface area contributed by atoms with Crippen LogP contribution in [0.25, 0.3) is 0 Å². The van der Waals surface area contributed by atoms with Gasteiger partial charge < -0.3 is 10.0 Å². The summed E-state index contributed by atoms with van der Waals surface area (Å²) in [6, 6.07) is 4.21. The molecule has 0 bridgehead atoms. The molecule has 0 aliphatic carbocycles. The van der Waals surface area contributed by atoms with Crippen LogP contribution in [-0.4, -0.2) is 37.9 Å². The van der Waals surface area contributed by atoms with Gasteiger partial charge in [0.1, 0.15) is 4.90 Å². The van der Waals surface area contributed by atoms with Gasteiger partial charge in [0.15, 0.2) is 5.72 Å². The van der Waals surface area contributed by atoms with Crippen LogP contribution in [0.5, 0.6) is 0 Å². The summed E-state index contributed by atoms with van der Waals surface area (Å²) >= 11 is 5.97. The van der Waals surface area contributed by atoms with Crippen molar-refractivity contribution in [2.45, 2.75) is 23.5 Å². The molecule has 0 saturated carbocycles. The number of sulfonamides is 1. The monoisotopic (exact) mass is 344 g/mol. The fourth-order valence-electron chi connectivity index (χ4n) is 2.37. The van der Waals surface area contributed by atoms with E-state index in [4.69, 9.17) is 11.6 Å². The fraction of sp³-hybridized carbons (Fsp3) is 0.357. The van der Waals surface area contributed by atoms with E-state index >= 15 is 0 Å². The molecule has 1 heterocycles. The molecule has 0 spiro atoms. The summed E-state index contributed by atoms with van der Waals surface area (Å²) in [4.78, 5) is 12.7. The number of rotatable bonds is 5. The molecule has 1 saturated heterocycles. The van der Waals surface area contributed by atoms with Gasteiger partial charge in [0.05, 0.1) is 5.02 Å². The van der Waals surface area contributed by atoms with Crippen LogP contribution in [0.1, 0.15) is 18.4 Å². The SMILES string of the molecule is C=CCNS(=O)(=O)c1cc(C2(O)CCC(=O)N2C)ccc1Cl. The van der Waals surface area contributed by atoms with Crippen LogP contribution < -0.4 is 4.72 Å². The third-order valence-corrected chi connectivity index (χ3v) is 5.62. The van der Waals surface area contributed by atoms with Crippen molar-refractivity contribution in [1.29, 1.82) is 0 Å².